The van der Waals surface area contributed by atoms with Crippen LogP contribution in [0.3, 0.4) is 0 Å². The van der Waals surface area contributed by atoms with Crippen molar-refractivity contribution in [2.24, 2.45) is 11.8 Å². The maximum atomic E-state index is 5.40. The molecule has 0 aromatic carbocycles. The highest BCUT2D eigenvalue weighted by Crippen LogP contribution is 2.40. The molecule has 4 rings (SSSR count). The van der Waals surface area contributed by atoms with E-state index in [1.807, 2.05) is 0 Å². The molecule has 1 aliphatic heterocycles. The smallest absolute Gasteiger partial charge is 0.324 e. The highest BCUT2D eigenvalue weighted by Gasteiger charge is 2.36. The summed E-state index contributed by atoms with van der Waals surface area (Å²) in [5, 5.41) is 4.10. The van der Waals surface area contributed by atoms with Crippen LogP contribution in [-0.2, 0) is 0 Å². The molecule has 0 amide bonds. The van der Waals surface area contributed by atoms with E-state index in [4.69, 9.17) is 4.52 Å². The summed E-state index contributed by atoms with van der Waals surface area (Å²) in [5.41, 5.74) is 0. The summed E-state index contributed by atoms with van der Waals surface area (Å²) in [5.74, 6) is 3.08. The summed E-state index contributed by atoms with van der Waals surface area (Å²) >= 11 is 0. The Bertz CT molecular complexity index is 433. The predicted molar refractivity (Wildman–Crippen MR) is 63.8 cm³/mol. The molecule has 2 fully saturated rings. The number of anilines is 1. The van der Waals surface area contributed by atoms with E-state index in [0.717, 1.165) is 36.8 Å². The van der Waals surface area contributed by atoms with Crippen LogP contribution in [-0.4, -0.2) is 23.2 Å². The van der Waals surface area contributed by atoms with Crippen molar-refractivity contribution in [3.63, 3.8) is 0 Å². The van der Waals surface area contributed by atoms with E-state index in [-0.39, 0.29) is 0 Å². The molecule has 0 N–H and O–H groups in total. The number of allylic oxidation sites excluding steroid dienone is 2. The first-order valence-electron chi connectivity index (χ1n) is 6.63. The number of fused-ring (bicyclic) bond motifs is 1. The molecule has 1 saturated carbocycles. The first kappa shape index (κ1) is 9.68. The Morgan fingerprint density at radius 3 is 2.47 bits per heavy atom. The molecule has 0 spiro atoms. The molecule has 3 aliphatic rings. The Morgan fingerprint density at radius 2 is 1.82 bits per heavy atom. The number of nitrogens with zero attached hydrogens (tertiary/aromatic N) is 3. The van der Waals surface area contributed by atoms with E-state index >= 15 is 0 Å². The molecular formula is C13H17N3O. The standard InChI is InChI=1S/C13H17N3O/c1-2-4-11-8-16(7-10(11)3-1)13-14-12(15-17-13)9-5-6-9/h1-2,9-11H,3-8H2. The Kier molecular flexibility index (Phi) is 2.04. The summed E-state index contributed by atoms with van der Waals surface area (Å²) in [4.78, 5) is 6.82. The van der Waals surface area contributed by atoms with Gasteiger partial charge in [-0.2, -0.15) is 4.98 Å². The van der Waals surface area contributed by atoms with Crippen LogP contribution in [0.2, 0.25) is 0 Å². The average Bonchev–Trinajstić information content (AvgIpc) is 2.94. The highest BCUT2D eigenvalue weighted by molar-refractivity contribution is 5.30. The van der Waals surface area contributed by atoms with E-state index in [9.17, 15) is 0 Å². The fraction of sp³-hybridized carbons (Fsp3) is 0.692. The van der Waals surface area contributed by atoms with Crippen molar-refractivity contribution in [2.75, 3.05) is 18.0 Å². The van der Waals surface area contributed by atoms with Crippen molar-refractivity contribution in [1.29, 1.82) is 0 Å². The normalized spacial score (nSPS) is 31.9. The van der Waals surface area contributed by atoms with Crippen LogP contribution < -0.4 is 4.90 Å². The molecule has 17 heavy (non-hydrogen) atoms. The molecule has 2 aliphatic carbocycles. The molecule has 2 atom stereocenters. The van der Waals surface area contributed by atoms with Gasteiger partial charge in [0.1, 0.15) is 0 Å². The molecule has 1 aromatic heterocycles. The van der Waals surface area contributed by atoms with Crippen molar-refractivity contribution >= 4 is 6.01 Å². The van der Waals surface area contributed by atoms with E-state index in [0.29, 0.717) is 5.92 Å². The van der Waals surface area contributed by atoms with Crippen LogP contribution in [0.4, 0.5) is 6.01 Å². The fourth-order valence-electron chi connectivity index (χ4n) is 3.03. The monoisotopic (exact) mass is 231 g/mol. The van der Waals surface area contributed by atoms with Gasteiger partial charge in [0, 0.05) is 19.0 Å². The predicted octanol–water partition coefficient (Wildman–Crippen LogP) is 2.35. The Labute approximate surface area is 101 Å². The molecule has 2 unspecified atom stereocenters. The van der Waals surface area contributed by atoms with Crippen LogP contribution >= 0.6 is 0 Å². The van der Waals surface area contributed by atoms with Gasteiger partial charge in [-0.3, -0.25) is 0 Å². The van der Waals surface area contributed by atoms with E-state index in [1.165, 1.54) is 25.7 Å². The number of rotatable bonds is 2. The zero-order chi connectivity index (χ0) is 11.2. The van der Waals surface area contributed by atoms with Crippen LogP contribution in [0, 0.1) is 11.8 Å². The van der Waals surface area contributed by atoms with Gasteiger partial charge in [-0.15, -0.1) is 0 Å². The average molecular weight is 231 g/mol. The third-order valence-corrected chi connectivity index (χ3v) is 4.26. The number of hydrogen-bond donors (Lipinski definition) is 0. The maximum absolute atomic E-state index is 5.40. The zero-order valence-corrected chi connectivity index (χ0v) is 9.88. The molecule has 4 heteroatoms. The first-order valence-corrected chi connectivity index (χ1v) is 6.63. The minimum absolute atomic E-state index is 0.582. The van der Waals surface area contributed by atoms with Crippen molar-refractivity contribution < 1.29 is 4.52 Å². The highest BCUT2D eigenvalue weighted by atomic mass is 16.5. The van der Waals surface area contributed by atoms with Gasteiger partial charge in [0.05, 0.1) is 0 Å². The van der Waals surface area contributed by atoms with Crippen molar-refractivity contribution in [3.05, 3.63) is 18.0 Å². The SMILES string of the molecule is C1=CCC2CN(c3nc(C4CC4)no3)CC2C1. The van der Waals surface area contributed by atoms with Gasteiger partial charge in [-0.05, 0) is 37.5 Å². The summed E-state index contributed by atoms with van der Waals surface area (Å²) in [6, 6.07) is 0.751. The van der Waals surface area contributed by atoms with E-state index in [2.05, 4.69) is 27.2 Å². The Morgan fingerprint density at radius 1 is 1.12 bits per heavy atom. The van der Waals surface area contributed by atoms with Crippen LogP contribution in [0.25, 0.3) is 0 Å². The van der Waals surface area contributed by atoms with Crippen LogP contribution in [0.5, 0.6) is 0 Å². The minimum Gasteiger partial charge on any atom is -0.324 e. The van der Waals surface area contributed by atoms with Gasteiger partial charge in [-0.1, -0.05) is 17.3 Å². The van der Waals surface area contributed by atoms with Crippen LogP contribution in [0.1, 0.15) is 37.4 Å². The first-order chi connectivity index (χ1) is 8.40. The van der Waals surface area contributed by atoms with Gasteiger partial charge in [0.15, 0.2) is 5.82 Å². The Balaban J connectivity index is 1.51. The number of aromatic nitrogens is 2. The Hall–Kier alpha value is -1.32. The topological polar surface area (TPSA) is 42.2 Å². The molecule has 0 radical (unpaired) electrons. The van der Waals surface area contributed by atoms with Gasteiger partial charge >= 0.3 is 6.01 Å². The molecule has 2 heterocycles. The van der Waals surface area contributed by atoms with Gasteiger partial charge in [0.2, 0.25) is 0 Å². The van der Waals surface area contributed by atoms with Gasteiger partial charge in [0.25, 0.3) is 0 Å². The third kappa shape index (κ3) is 1.66. The molecule has 1 saturated heterocycles. The largest absolute Gasteiger partial charge is 0.324 e. The third-order valence-electron chi connectivity index (χ3n) is 4.26. The maximum Gasteiger partial charge on any atom is 0.324 e. The molecule has 1 aromatic rings. The lowest BCUT2D eigenvalue weighted by atomic mass is 9.86. The summed E-state index contributed by atoms with van der Waals surface area (Å²) in [6.07, 6.45) is 9.51. The lowest BCUT2D eigenvalue weighted by Crippen LogP contribution is -2.20. The van der Waals surface area contributed by atoms with E-state index < -0.39 is 0 Å². The summed E-state index contributed by atoms with van der Waals surface area (Å²) in [6.45, 7) is 2.17. The molecule has 90 valence electrons. The second-order valence-electron chi connectivity index (χ2n) is 5.58. The molecular weight excluding hydrogens is 214 g/mol. The van der Waals surface area contributed by atoms with E-state index in [1.54, 1.807) is 0 Å². The van der Waals surface area contributed by atoms with Crippen molar-refractivity contribution in [1.82, 2.24) is 10.1 Å². The summed E-state index contributed by atoms with van der Waals surface area (Å²) < 4.78 is 5.40. The van der Waals surface area contributed by atoms with Crippen LogP contribution in [0.15, 0.2) is 16.7 Å². The summed E-state index contributed by atoms with van der Waals surface area (Å²) in [7, 11) is 0. The van der Waals surface area contributed by atoms with Gasteiger partial charge in [-0.25, -0.2) is 0 Å². The second kappa shape index (κ2) is 3.59. The van der Waals surface area contributed by atoms with Crippen molar-refractivity contribution in [2.45, 2.75) is 31.6 Å². The lowest BCUT2D eigenvalue weighted by molar-refractivity contribution is 0.409. The van der Waals surface area contributed by atoms with Crippen molar-refractivity contribution in [3.8, 4) is 0 Å². The molecule has 4 nitrogen and oxygen atoms in total. The lowest BCUT2D eigenvalue weighted by Gasteiger charge is -2.17. The molecule has 0 bridgehead atoms. The quantitative estimate of drug-likeness (QED) is 0.733. The second-order valence-corrected chi connectivity index (χ2v) is 5.58. The van der Waals surface area contributed by atoms with Gasteiger partial charge < -0.3 is 9.42 Å². The number of hydrogen-bond acceptors (Lipinski definition) is 4. The zero-order valence-electron chi connectivity index (χ0n) is 9.88. The minimum atomic E-state index is 0.582. The fourth-order valence-corrected chi connectivity index (χ4v) is 3.03.